The van der Waals surface area contributed by atoms with Gasteiger partial charge in [0.15, 0.2) is 18.5 Å². The van der Waals surface area contributed by atoms with Crippen LogP contribution in [0, 0.1) is 0 Å². The largest absolute Gasteiger partial charge is 0.482 e. The first-order chi connectivity index (χ1) is 13.3. The first kappa shape index (κ1) is 18.3. The molecule has 0 unspecified atom stereocenters. The van der Waals surface area contributed by atoms with Crippen LogP contribution >= 0.6 is 11.6 Å². The molecule has 0 fully saturated rings. The molecule has 0 aromatic heterocycles. The zero-order chi connectivity index (χ0) is 20.0. The number of likely N-dealkylation sites (N-methyl/N-ethyl adjacent to an activating group) is 1. The Morgan fingerprint density at radius 3 is 2.68 bits per heavy atom. The third-order valence-electron chi connectivity index (χ3n) is 4.80. The standard InChI is InChI=1S/C20H17ClN2O5/c1-11-20(26)23(15-8-13(21)4-6-18(15)28-11)9-16(24)12-3-5-17-14(7-12)22(2)19(25)10-27-17/h3-8,11H,9-10H2,1-2H3/t11-/m0/s1. The fourth-order valence-corrected chi connectivity index (χ4v) is 3.39. The summed E-state index contributed by atoms with van der Waals surface area (Å²) in [4.78, 5) is 40.2. The highest BCUT2D eigenvalue weighted by Gasteiger charge is 2.33. The number of fused-ring (bicyclic) bond motifs is 2. The highest BCUT2D eigenvalue weighted by Crippen LogP contribution is 2.37. The maximum atomic E-state index is 12.9. The summed E-state index contributed by atoms with van der Waals surface area (Å²) < 4.78 is 11.0. The molecule has 2 aliphatic rings. The molecule has 0 radical (unpaired) electrons. The molecule has 1 atom stereocenters. The summed E-state index contributed by atoms with van der Waals surface area (Å²) in [7, 11) is 1.63. The first-order valence-electron chi connectivity index (χ1n) is 8.69. The second-order valence-corrected chi connectivity index (χ2v) is 7.08. The number of carbonyl (C=O) groups excluding carboxylic acids is 3. The van der Waals surface area contributed by atoms with Gasteiger partial charge in [-0.3, -0.25) is 19.3 Å². The second-order valence-electron chi connectivity index (χ2n) is 6.64. The van der Waals surface area contributed by atoms with Crippen molar-refractivity contribution in [3.05, 3.63) is 47.0 Å². The number of hydrogen-bond acceptors (Lipinski definition) is 5. The van der Waals surface area contributed by atoms with Gasteiger partial charge < -0.3 is 14.4 Å². The molecule has 2 amide bonds. The van der Waals surface area contributed by atoms with Crippen LogP contribution in [0.3, 0.4) is 0 Å². The fraction of sp³-hybridized carbons (Fsp3) is 0.250. The number of ketones is 1. The van der Waals surface area contributed by atoms with Gasteiger partial charge in [0.05, 0.1) is 17.9 Å². The van der Waals surface area contributed by atoms with Gasteiger partial charge in [0, 0.05) is 17.6 Å². The van der Waals surface area contributed by atoms with Crippen LogP contribution in [0.25, 0.3) is 0 Å². The Labute approximate surface area is 166 Å². The highest BCUT2D eigenvalue weighted by molar-refractivity contribution is 6.31. The van der Waals surface area contributed by atoms with Crippen LogP contribution < -0.4 is 19.3 Å². The molecule has 2 aromatic carbocycles. The van der Waals surface area contributed by atoms with Crippen LogP contribution in [0.4, 0.5) is 11.4 Å². The molecule has 144 valence electrons. The Balaban J connectivity index is 1.65. The predicted octanol–water partition coefficient (Wildman–Crippen LogP) is 2.69. The van der Waals surface area contributed by atoms with Gasteiger partial charge in [-0.25, -0.2) is 0 Å². The highest BCUT2D eigenvalue weighted by atomic mass is 35.5. The molecule has 4 rings (SSSR count). The van der Waals surface area contributed by atoms with Crippen LogP contribution in [-0.2, 0) is 9.59 Å². The van der Waals surface area contributed by atoms with Gasteiger partial charge in [0.25, 0.3) is 11.8 Å². The van der Waals surface area contributed by atoms with Crippen molar-refractivity contribution in [3.63, 3.8) is 0 Å². The minimum atomic E-state index is -0.706. The van der Waals surface area contributed by atoms with E-state index in [9.17, 15) is 14.4 Å². The second kappa shape index (κ2) is 6.83. The summed E-state index contributed by atoms with van der Waals surface area (Å²) in [5, 5.41) is 0.438. The smallest absolute Gasteiger partial charge is 0.268 e. The quantitative estimate of drug-likeness (QED) is 0.740. The number of hydrogen-bond donors (Lipinski definition) is 0. The van der Waals surface area contributed by atoms with Gasteiger partial charge in [-0.1, -0.05) is 11.6 Å². The Hall–Kier alpha value is -3.06. The Bertz CT molecular complexity index is 1010. The molecule has 0 N–H and O–H groups in total. The van der Waals surface area contributed by atoms with Crippen molar-refractivity contribution in [1.82, 2.24) is 0 Å². The predicted molar refractivity (Wildman–Crippen MR) is 104 cm³/mol. The van der Waals surface area contributed by atoms with E-state index >= 15 is 0 Å². The molecule has 8 heteroatoms. The third kappa shape index (κ3) is 3.07. The molecule has 0 saturated carbocycles. The van der Waals surface area contributed by atoms with E-state index in [4.69, 9.17) is 21.1 Å². The summed E-state index contributed by atoms with van der Waals surface area (Å²) >= 11 is 6.06. The molecule has 2 aromatic rings. The third-order valence-corrected chi connectivity index (χ3v) is 5.03. The first-order valence-corrected chi connectivity index (χ1v) is 9.07. The van der Waals surface area contributed by atoms with Crippen LogP contribution in [-0.4, -0.2) is 43.9 Å². The lowest BCUT2D eigenvalue weighted by Crippen LogP contribution is -2.46. The minimum absolute atomic E-state index is 0.0332. The van der Waals surface area contributed by atoms with Crippen LogP contribution in [0.2, 0.25) is 5.02 Å². The topological polar surface area (TPSA) is 76.2 Å². The molecule has 2 heterocycles. The fourth-order valence-electron chi connectivity index (χ4n) is 3.22. The average Bonchev–Trinajstić information content (AvgIpc) is 2.68. The number of rotatable bonds is 3. The lowest BCUT2D eigenvalue weighted by atomic mass is 10.1. The molecule has 0 spiro atoms. The summed E-state index contributed by atoms with van der Waals surface area (Å²) in [5.41, 5.74) is 1.35. The number of Topliss-reactive ketones (excluding diaryl/α,β-unsaturated/α-hetero) is 1. The molecular formula is C20H17ClN2O5. The van der Waals surface area contributed by atoms with E-state index in [0.717, 1.165) is 0 Å². The van der Waals surface area contributed by atoms with Gasteiger partial charge in [-0.2, -0.15) is 0 Å². The molecule has 28 heavy (non-hydrogen) atoms. The summed E-state index contributed by atoms with van der Waals surface area (Å²) in [6.07, 6.45) is -0.706. The number of carbonyl (C=O) groups is 3. The van der Waals surface area contributed by atoms with E-state index in [1.54, 1.807) is 50.4 Å². The van der Waals surface area contributed by atoms with Gasteiger partial charge in [-0.05, 0) is 43.3 Å². The van der Waals surface area contributed by atoms with Crippen molar-refractivity contribution >= 4 is 40.6 Å². The molecule has 0 bridgehead atoms. The van der Waals surface area contributed by atoms with Crippen LogP contribution in [0.15, 0.2) is 36.4 Å². The van der Waals surface area contributed by atoms with Gasteiger partial charge in [0.2, 0.25) is 0 Å². The van der Waals surface area contributed by atoms with E-state index in [-0.39, 0.29) is 30.7 Å². The van der Waals surface area contributed by atoms with Gasteiger partial charge >= 0.3 is 0 Å². The van der Waals surface area contributed by atoms with E-state index in [1.807, 2.05) is 0 Å². The Morgan fingerprint density at radius 2 is 1.89 bits per heavy atom. The van der Waals surface area contributed by atoms with Crippen molar-refractivity contribution in [3.8, 4) is 11.5 Å². The van der Waals surface area contributed by atoms with Crippen molar-refractivity contribution < 1.29 is 23.9 Å². The molecule has 2 aliphatic heterocycles. The monoisotopic (exact) mass is 400 g/mol. The maximum absolute atomic E-state index is 12.9. The van der Waals surface area contributed by atoms with E-state index < -0.39 is 6.10 Å². The number of halogens is 1. The lowest BCUT2D eigenvalue weighted by molar-refractivity contribution is -0.125. The van der Waals surface area contributed by atoms with E-state index in [0.29, 0.717) is 33.5 Å². The number of anilines is 2. The normalized spacial score (nSPS) is 18.2. The summed E-state index contributed by atoms with van der Waals surface area (Å²) in [6, 6.07) is 9.81. The summed E-state index contributed by atoms with van der Waals surface area (Å²) in [5.74, 6) is 0.234. The Morgan fingerprint density at radius 1 is 1.14 bits per heavy atom. The number of amides is 2. The molecular weight excluding hydrogens is 384 g/mol. The van der Waals surface area contributed by atoms with Crippen molar-refractivity contribution in [2.24, 2.45) is 0 Å². The van der Waals surface area contributed by atoms with Crippen LogP contribution in [0.5, 0.6) is 11.5 Å². The van der Waals surface area contributed by atoms with Crippen LogP contribution in [0.1, 0.15) is 17.3 Å². The van der Waals surface area contributed by atoms with E-state index in [2.05, 4.69) is 0 Å². The summed E-state index contributed by atoms with van der Waals surface area (Å²) in [6.45, 7) is 1.43. The number of ether oxygens (including phenoxy) is 2. The molecule has 0 aliphatic carbocycles. The van der Waals surface area contributed by atoms with Gasteiger partial charge in [-0.15, -0.1) is 0 Å². The molecule has 7 nitrogen and oxygen atoms in total. The van der Waals surface area contributed by atoms with E-state index in [1.165, 1.54) is 9.80 Å². The number of benzene rings is 2. The number of nitrogens with zero attached hydrogens (tertiary/aromatic N) is 2. The van der Waals surface area contributed by atoms with Crippen molar-refractivity contribution in [2.45, 2.75) is 13.0 Å². The minimum Gasteiger partial charge on any atom is -0.482 e. The van der Waals surface area contributed by atoms with Gasteiger partial charge in [0.1, 0.15) is 11.5 Å². The zero-order valence-electron chi connectivity index (χ0n) is 15.3. The van der Waals surface area contributed by atoms with Crippen molar-refractivity contribution in [2.75, 3.05) is 30.0 Å². The zero-order valence-corrected chi connectivity index (χ0v) is 16.0. The molecule has 0 saturated heterocycles. The average molecular weight is 401 g/mol. The maximum Gasteiger partial charge on any atom is 0.268 e. The SMILES string of the molecule is C[C@@H]1Oc2ccc(Cl)cc2N(CC(=O)c2ccc3c(c2)N(C)C(=O)CO3)C1=O. The Kier molecular flexibility index (Phi) is 4.47. The lowest BCUT2D eigenvalue weighted by Gasteiger charge is -2.32. The van der Waals surface area contributed by atoms with Crippen molar-refractivity contribution in [1.29, 1.82) is 0 Å².